The summed E-state index contributed by atoms with van der Waals surface area (Å²) >= 11 is 0. The Morgan fingerprint density at radius 2 is 1.47 bits per heavy atom. The molecule has 0 amide bonds. The molecule has 0 aromatic rings. The van der Waals surface area contributed by atoms with Crippen LogP contribution >= 0.6 is 0 Å². The second-order valence-corrected chi connectivity index (χ2v) is 3.21. The first-order valence-electron chi connectivity index (χ1n) is 4.38. The van der Waals surface area contributed by atoms with E-state index in [0.29, 0.717) is 0 Å². The quantitative estimate of drug-likeness (QED) is 0.200. The van der Waals surface area contributed by atoms with Crippen molar-refractivity contribution in [2.24, 2.45) is 0 Å². The Labute approximate surface area is 119 Å². The fourth-order valence-corrected chi connectivity index (χ4v) is 0.966. The molecule has 8 nitrogen and oxygen atoms in total. The van der Waals surface area contributed by atoms with E-state index in [-0.39, 0.29) is 29.6 Å². The van der Waals surface area contributed by atoms with Gasteiger partial charge in [-0.1, -0.05) is 0 Å². The molecule has 0 aromatic heterocycles. The second kappa shape index (κ2) is 8.95. The maximum atomic E-state index is 11.0. The summed E-state index contributed by atoms with van der Waals surface area (Å²) in [4.78, 5) is 21.1. The topological polar surface area (TPSA) is 156 Å². The number of aliphatic hydroxyl groups is 5. The van der Waals surface area contributed by atoms with Crippen molar-refractivity contribution in [2.75, 3.05) is 6.61 Å². The maximum absolute atomic E-state index is 11.0. The van der Waals surface area contributed by atoms with Crippen molar-refractivity contribution in [3.05, 3.63) is 0 Å². The maximum Gasteiger partial charge on any atom is 0.310 e. The summed E-state index contributed by atoms with van der Waals surface area (Å²) in [6.45, 7) is -0.877. The van der Waals surface area contributed by atoms with Gasteiger partial charge < -0.3 is 30.6 Å². The van der Waals surface area contributed by atoms with Crippen LogP contribution in [0.25, 0.3) is 0 Å². The van der Waals surface area contributed by atoms with Gasteiger partial charge in [-0.25, -0.2) is 0 Å². The van der Waals surface area contributed by atoms with E-state index in [1.165, 1.54) is 0 Å². The number of aliphatic carboxylic acids is 1. The van der Waals surface area contributed by atoms with Crippen molar-refractivity contribution in [1.82, 2.24) is 0 Å². The third kappa shape index (κ3) is 6.43. The number of carboxylic acid groups (broad SMARTS) is 1. The van der Waals surface area contributed by atoms with Gasteiger partial charge in [0.05, 0.1) is 6.61 Å². The molecule has 0 aliphatic heterocycles. The van der Waals surface area contributed by atoms with Crippen LogP contribution in [-0.4, -0.2) is 103 Å². The molecule has 17 heavy (non-hydrogen) atoms. The zero-order valence-electron chi connectivity index (χ0n) is 9.22. The van der Waals surface area contributed by atoms with Crippen molar-refractivity contribution >= 4 is 41.3 Å². The van der Waals surface area contributed by atoms with Gasteiger partial charge in [0.2, 0.25) is 0 Å². The van der Waals surface area contributed by atoms with E-state index in [9.17, 15) is 14.7 Å². The molecule has 0 heterocycles. The fraction of sp³-hybridized carbons (Fsp3) is 0.750. The standard InChI is InChI=1S/C8H14O8.Na/c9-2-4(11)7(15)8(16)6(14)3(10)1-5(12)13;/h4,6-9,11,14-16H,1-2H2,(H,12,13);/t4-,6+,7-,8-;/m1./s1. The summed E-state index contributed by atoms with van der Waals surface area (Å²) in [7, 11) is 0. The number of carbonyl (C=O) groups excluding carboxylic acids is 1. The Bertz CT molecular complexity index is 258. The van der Waals surface area contributed by atoms with Crippen LogP contribution in [0.1, 0.15) is 6.42 Å². The number of Topliss-reactive ketones (excluding diaryl/α,β-unsaturated/α-hetero) is 1. The molecule has 0 aliphatic carbocycles. The van der Waals surface area contributed by atoms with Crippen LogP contribution in [0.4, 0.5) is 0 Å². The Kier molecular flexibility index (Phi) is 10.2. The molecule has 0 aliphatic rings. The third-order valence-electron chi connectivity index (χ3n) is 1.91. The van der Waals surface area contributed by atoms with E-state index in [1.54, 1.807) is 0 Å². The van der Waals surface area contributed by atoms with E-state index in [1.807, 2.05) is 0 Å². The minimum absolute atomic E-state index is 0. The van der Waals surface area contributed by atoms with Crippen molar-refractivity contribution in [1.29, 1.82) is 0 Å². The molecule has 0 aromatic carbocycles. The average Bonchev–Trinajstić information content (AvgIpc) is 2.23. The van der Waals surface area contributed by atoms with Crippen LogP contribution in [0.5, 0.6) is 0 Å². The third-order valence-corrected chi connectivity index (χ3v) is 1.91. The molecular formula is C8H14NaO8. The van der Waals surface area contributed by atoms with Crippen molar-refractivity contribution in [2.45, 2.75) is 30.8 Å². The first-order chi connectivity index (χ1) is 7.31. The van der Waals surface area contributed by atoms with Crippen LogP contribution in [0.2, 0.25) is 0 Å². The minimum atomic E-state index is -2.13. The molecule has 0 fully saturated rings. The number of aliphatic hydroxyl groups excluding tert-OH is 5. The van der Waals surface area contributed by atoms with Gasteiger partial charge in [0, 0.05) is 29.6 Å². The van der Waals surface area contributed by atoms with Gasteiger partial charge in [-0.15, -0.1) is 0 Å². The summed E-state index contributed by atoms with van der Waals surface area (Å²) < 4.78 is 0. The van der Waals surface area contributed by atoms with Crippen LogP contribution in [0.3, 0.4) is 0 Å². The van der Waals surface area contributed by atoms with E-state index in [4.69, 9.17) is 25.5 Å². The Hall–Kier alpha value is -0.0600. The molecule has 0 unspecified atom stereocenters. The second-order valence-electron chi connectivity index (χ2n) is 3.21. The number of hydrogen-bond donors (Lipinski definition) is 6. The van der Waals surface area contributed by atoms with Crippen molar-refractivity contribution < 1.29 is 40.2 Å². The molecule has 9 heteroatoms. The predicted molar refractivity (Wildman–Crippen MR) is 54.1 cm³/mol. The molecule has 4 atom stereocenters. The van der Waals surface area contributed by atoms with Crippen LogP contribution in [-0.2, 0) is 9.59 Å². The van der Waals surface area contributed by atoms with Gasteiger partial charge in [0.1, 0.15) is 30.8 Å². The molecular weight excluding hydrogens is 247 g/mol. The number of ketones is 1. The average molecular weight is 261 g/mol. The number of carboxylic acids is 1. The summed E-state index contributed by atoms with van der Waals surface area (Å²) in [6.07, 6.45) is -8.89. The van der Waals surface area contributed by atoms with Gasteiger partial charge in [0.15, 0.2) is 5.78 Å². The Morgan fingerprint density at radius 1 is 1.00 bits per heavy atom. The first-order valence-corrected chi connectivity index (χ1v) is 4.38. The largest absolute Gasteiger partial charge is 0.481 e. The number of carbonyl (C=O) groups is 2. The summed E-state index contributed by atoms with van der Waals surface area (Å²) in [5.74, 6) is -2.70. The van der Waals surface area contributed by atoms with Crippen LogP contribution in [0.15, 0.2) is 0 Å². The van der Waals surface area contributed by atoms with E-state index in [0.717, 1.165) is 0 Å². The van der Waals surface area contributed by atoms with E-state index < -0.39 is 49.2 Å². The molecule has 0 rings (SSSR count). The van der Waals surface area contributed by atoms with Gasteiger partial charge in [0.25, 0.3) is 0 Å². The van der Waals surface area contributed by atoms with Crippen LogP contribution in [0, 0.1) is 0 Å². The normalized spacial score (nSPS) is 17.5. The minimum Gasteiger partial charge on any atom is -0.481 e. The van der Waals surface area contributed by atoms with Crippen LogP contribution < -0.4 is 0 Å². The monoisotopic (exact) mass is 261 g/mol. The van der Waals surface area contributed by atoms with Crippen molar-refractivity contribution in [3.63, 3.8) is 0 Å². The van der Waals surface area contributed by atoms with Crippen molar-refractivity contribution in [3.8, 4) is 0 Å². The molecule has 95 valence electrons. The Balaban J connectivity index is 0. The molecule has 6 N–H and O–H groups in total. The van der Waals surface area contributed by atoms with Gasteiger partial charge in [-0.2, -0.15) is 0 Å². The predicted octanol–water partition coefficient (Wildman–Crippen LogP) is -3.91. The zero-order valence-corrected chi connectivity index (χ0v) is 11.2. The van der Waals surface area contributed by atoms with E-state index in [2.05, 4.69) is 0 Å². The van der Waals surface area contributed by atoms with E-state index >= 15 is 0 Å². The molecule has 0 saturated carbocycles. The molecule has 1 radical (unpaired) electrons. The molecule has 0 saturated heterocycles. The fourth-order valence-electron chi connectivity index (χ4n) is 0.966. The molecule has 0 spiro atoms. The first kappa shape index (κ1) is 19.3. The SMILES string of the molecule is O=C(O)CC(=O)[C@H](O)[C@@H](O)[C@H](O)[C@H](O)CO.[Na]. The number of rotatable bonds is 7. The van der Waals surface area contributed by atoms with Gasteiger partial charge in [-0.05, 0) is 0 Å². The summed E-state index contributed by atoms with van der Waals surface area (Å²) in [5, 5.41) is 53.0. The smallest absolute Gasteiger partial charge is 0.310 e. The summed E-state index contributed by atoms with van der Waals surface area (Å²) in [6, 6.07) is 0. The number of hydrogen-bond acceptors (Lipinski definition) is 7. The van der Waals surface area contributed by atoms with Gasteiger partial charge >= 0.3 is 5.97 Å². The Morgan fingerprint density at radius 3 is 1.82 bits per heavy atom. The zero-order chi connectivity index (χ0) is 12.9. The van der Waals surface area contributed by atoms with Gasteiger partial charge in [-0.3, -0.25) is 9.59 Å². The summed E-state index contributed by atoms with van der Waals surface area (Å²) in [5.41, 5.74) is 0. The molecule has 0 bridgehead atoms.